The molecule has 0 aromatic carbocycles. The minimum absolute atomic E-state index is 0.0484. The Morgan fingerprint density at radius 2 is 2.05 bits per heavy atom. The van der Waals surface area contributed by atoms with E-state index >= 15 is 0 Å². The van der Waals surface area contributed by atoms with Crippen LogP contribution in [0.2, 0.25) is 0 Å². The molecule has 0 spiro atoms. The van der Waals surface area contributed by atoms with Gasteiger partial charge in [-0.05, 0) is 42.1 Å². The quantitative estimate of drug-likeness (QED) is 0.785. The summed E-state index contributed by atoms with van der Waals surface area (Å²) in [5.74, 6) is 0.696. The summed E-state index contributed by atoms with van der Waals surface area (Å²) in [6.07, 6.45) is 7.35. The molecule has 1 saturated carbocycles. The van der Waals surface area contributed by atoms with Crippen molar-refractivity contribution in [3.05, 3.63) is 12.2 Å². The van der Waals surface area contributed by atoms with E-state index in [1.165, 1.54) is 6.42 Å². The summed E-state index contributed by atoms with van der Waals surface area (Å²) in [6, 6.07) is 0.0585. The highest BCUT2D eigenvalue weighted by Gasteiger charge is 2.47. The lowest BCUT2D eigenvalue weighted by Gasteiger charge is -2.38. The molecule has 1 aliphatic carbocycles. The number of piperidine rings is 1. The molecule has 3 unspecified atom stereocenters. The van der Waals surface area contributed by atoms with Crippen LogP contribution in [0.3, 0.4) is 0 Å². The molecule has 1 saturated heterocycles. The molecular formula is C17H28N2O2. The third kappa shape index (κ3) is 3.30. The lowest BCUT2D eigenvalue weighted by molar-refractivity contribution is -0.124. The van der Waals surface area contributed by atoms with Crippen molar-refractivity contribution in [3.8, 4) is 0 Å². The third-order valence-electron chi connectivity index (χ3n) is 6.02. The lowest BCUT2D eigenvalue weighted by atomic mass is 9.66. The summed E-state index contributed by atoms with van der Waals surface area (Å²) < 4.78 is 0. The van der Waals surface area contributed by atoms with Crippen molar-refractivity contribution in [2.24, 2.45) is 16.7 Å². The standard InChI is InChI=1S/C17H28N2O2/c1-12-7-9-17(4,16(12,2)3)10-8-15(21)19-13-5-6-14(20)18-11-13/h8,10,12-13H,5-7,9,11H2,1-4H3,(H,18,20)(H,19,21)/b10-8+. The second-order valence-corrected chi connectivity index (χ2v) is 7.46. The Morgan fingerprint density at radius 3 is 2.57 bits per heavy atom. The van der Waals surface area contributed by atoms with E-state index in [9.17, 15) is 9.59 Å². The number of hydrogen-bond donors (Lipinski definition) is 2. The third-order valence-corrected chi connectivity index (χ3v) is 6.02. The van der Waals surface area contributed by atoms with Gasteiger partial charge in [-0.25, -0.2) is 0 Å². The predicted molar refractivity (Wildman–Crippen MR) is 83.6 cm³/mol. The molecule has 0 aromatic heterocycles. The first-order valence-electron chi connectivity index (χ1n) is 8.01. The Bertz CT molecular complexity index is 446. The van der Waals surface area contributed by atoms with E-state index < -0.39 is 0 Å². The summed E-state index contributed by atoms with van der Waals surface area (Å²) in [6.45, 7) is 9.68. The average Bonchev–Trinajstić information content (AvgIpc) is 2.63. The second-order valence-electron chi connectivity index (χ2n) is 7.46. The number of carbonyl (C=O) groups excluding carboxylic acids is 2. The van der Waals surface area contributed by atoms with Crippen LogP contribution in [-0.2, 0) is 9.59 Å². The van der Waals surface area contributed by atoms with Gasteiger partial charge in [-0.15, -0.1) is 0 Å². The maximum Gasteiger partial charge on any atom is 0.243 e. The molecule has 3 atom stereocenters. The van der Waals surface area contributed by atoms with E-state index in [0.717, 1.165) is 12.8 Å². The monoisotopic (exact) mass is 292 g/mol. The van der Waals surface area contributed by atoms with Gasteiger partial charge in [0.15, 0.2) is 0 Å². The number of rotatable bonds is 3. The van der Waals surface area contributed by atoms with Gasteiger partial charge in [0.1, 0.15) is 0 Å². The fourth-order valence-electron chi connectivity index (χ4n) is 3.43. The Hall–Kier alpha value is -1.32. The first-order valence-corrected chi connectivity index (χ1v) is 8.01. The van der Waals surface area contributed by atoms with Crippen LogP contribution < -0.4 is 10.6 Å². The van der Waals surface area contributed by atoms with E-state index in [1.807, 2.05) is 0 Å². The number of nitrogens with one attached hydrogen (secondary N) is 2. The van der Waals surface area contributed by atoms with Crippen molar-refractivity contribution >= 4 is 11.8 Å². The minimum Gasteiger partial charge on any atom is -0.354 e. The van der Waals surface area contributed by atoms with Crippen molar-refractivity contribution in [2.45, 2.75) is 59.4 Å². The van der Waals surface area contributed by atoms with Gasteiger partial charge in [0, 0.05) is 19.0 Å². The van der Waals surface area contributed by atoms with Crippen LogP contribution in [0.15, 0.2) is 12.2 Å². The van der Waals surface area contributed by atoms with Gasteiger partial charge >= 0.3 is 0 Å². The summed E-state index contributed by atoms with van der Waals surface area (Å²) in [7, 11) is 0. The second kappa shape index (κ2) is 5.82. The van der Waals surface area contributed by atoms with Gasteiger partial charge in [0.25, 0.3) is 0 Å². The van der Waals surface area contributed by atoms with E-state index in [2.05, 4.69) is 44.4 Å². The van der Waals surface area contributed by atoms with Gasteiger partial charge in [-0.3, -0.25) is 9.59 Å². The molecule has 1 heterocycles. The van der Waals surface area contributed by atoms with Crippen LogP contribution >= 0.6 is 0 Å². The maximum absolute atomic E-state index is 12.1. The Kier molecular flexibility index (Phi) is 4.45. The van der Waals surface area contributed by atoms with Crippen molar-refractivity contribution in [1.82, 2.24) is 10.6 Å². The van der Waals surface area contributed by atoms with Crippen LogP contribution in [0.4, 0.5) is 0 Å². The molecule has 2 amide bonds. The van der Waals surface area contributed by atoms with Gasteiger partial charge in [0.05, 0.1) is 0 Å². The number of allylic oxidation sites excluding steroid dienone is 1. The van der Waals surface area contributed by atoms with Crippen molar-refractivity contribution in [3.63, 3.8) is 0 Å². The first kappa shape index (κ1) is 16.1. The van der Waals surface area contributed by atoms with Gasteiger partial charge in [-0.1, -0.05) is 33.8 Å². The molecule has 0 bridgehead atoms. The fourth-order valence-corrected chi connectivity index (χ4v) is 3.43. The molecule has 21 heavy (non-hydrogen) atoms. The van der Waals surface area contributed by atoms with Crippen LogP contribution in [0.1, 0.15) is 53.4 Å². The molecule has 4 heteroatoms. The highest BCUT2D eigenvalue weighted by Crippen LogP contribution is 2.56. The summed E-state index contributed by atoms with van der Waals surface area (Å²) in [4.78, 5) is 23.2. The van der Waals surface area contributed by atoms with Gasteiger partial charge < -0.3 is 10.6 Å². The smallest absolute Gasteiger partial charge is 0.243 e. The first-order chi connectivity index (χ1) is 9.74. The molecule has 2 N–H and O–H groups in total. The predicted octanol–water partition coefficient (Wildman–Crippen LogP) is 2.40. The largest absolute Gasteiger partial charge is 0.354 e. The zero-order valence-corrected chi connectivity index (χ0v) is 13.7. The van der Waals surface area contributed by atoms with E-state index in [-0.39, 0.29) is 28.7 Å². The highest BCUT2D eigenvalue weighted by atomic mass is 16.2. The molecule has 118 valence electrons. The Morgan fingerprint density at radius 1 is 1.33 bits per heavy atom. The molecule has 0 aromatic rings. The average molecular weight is 292 g/mol. The lowest BCUT2D eigenvalue weighted by Crippen LogP contribution is -2.47. The summed E-state index contributed by atoms with van der Waals surface area (Å²) >= 11 is 0. The van der Waals surface area contributed by atoms with E-state index in [4.69, 9.17) is 0 Å². The number of amides is 2. The Labute approximate surface area is 127 Å². The number of hydrogen-bond acceptors (Lipinski definition) is 2. The van der Waals surface area contributed by atoms with Crippen LogP contribution in [-0.4, -0.2) is 24.4 Å². The molecule has 2 fully saturated rings. The van der Waals surface area contributed by atoms with E-state index in [0.29, 0.717) is 18.9 Å². The van der Waals surface area contributed by atoms with Crippen LogP contribution in [0.5, 0.6) is 0 Å². The molecular weight excluding hydrogens is 264 g/mol. The molecule has 1 aliphatic heterocycles. The Balaban J connectivity index is 1.92. The fraction of sp³-hybridized carbons (Fsp3) is 0.765. The van der Waals surface area contributed by atoms with E-state index in [1.54, 1.807) is 6.08 Å². The van der Waals surface area contributed by atoms with Crippen molar-refractivity contribution < 1.29 is 9.59 Å². The van der Waals surface area contributed by atoms with Gasteiger partial charge in [-0.2, -0.15) is 0 Å². The zero-order chi connectivity index (χ0) is 15.7. The maximum atomic E-state index is 12.1. The molecule has 2 rings (SSSR count). The SMILES string of the molecule is CC1CCC(C)(/C=C/C(=O)NC2CCC(=O)NC2)C1(C)C. The minimum atomic E-state index is -0.0484. The molecule has 4 nitrogen and oxygen atoms in total. The normalized spacial score (nSPS) is 35.7. The summed E-state index contributed by atoms with van der Waals surface area (Å²) in [5.41, 5.74) is 0.285. The number of carbonyl (C=O) groups is 2. The topological polar surface area (TPSA) is 58.2 Å². The summed E-state index contributed by atoms with van der Waals surface area (Å²) in [5, 5.41) is 5.76. The van der Waals surface area contributed by atoms with Crippen molar-refractivity contribution in [2.75, 3.05) is 6.54 Å². The van der Waals surface area contributed by atoms with Crippen LogP contribution in [0, 0.1) is 16.7 Å². The molecule has 0 radical (unpaired) electrons. The highest BCUT2D eigenvalue weighted by molar-refractivity contribution is 5.88. The van der Waals surface area contributed by atoms with Crippen LogP contribution in [0.25, 0.3) is 0 Å². The van der Waals surface area contributed by atoms with Gasteiger partial charge in [0.2, 0.25) is 11.8 Å². The zero-order valence-electron chi connectivity index (χ0n) is 13.7. The van der Waals surface area contributed by atoms with Crippen molar-refractivity contribution in [1.29, 1.82) is 0 Å². The molecule has 2 aliphatic rings.